The Kier molecular flexibility index (Phi) is 9.99. The lowest BCUT2D eigenvalue weighted by Gasteiger charge is -2.26. The minimum atomic E-state index is -0.401. The summed E-state index contributed by atoms with van der Waals surface area (Å²) in [5.74, 6) is 1.62. The highest BCUT2D eigenvalue weighted by Gasteiger charge is 2.25. The van der Waals surface area contributed by atoms with Gasteiger partial charge in [0.1, 0.15) is 5.76 Å². The van der Waals surface area contributed by atoms with Crippen LogP contribution < -0.4 is 10.6 Å². The van der Waals surface area contributed by atoms with Crippen molar-refractivity contribution in [3.05, 3.63) is 76.3 Å². The fourth-order valence-electron chi connectivity index (χ4n) is 3.44. The molecule has 168 valence electrons. The van der Waals surface area contributed by atoms with Gasteiger partial charge in [-0.25, -0.2) is 4.99 Å². The van der Waals surface area contributed by atoms with Gasteiger partial charge in [0.2, 0.25) is 0 Å². The number of non-ortho nitro benzene ring substituents is 1. The second-order valence-corrected chi connectivity index (χ2v) is 7.55. The Labute approximate surface area is 200 Å². The van der Waals surface area contributed by atoms with E-state index in [-0.39, 0.29) is 35.7 Å². The lowest BCUT2D eigenvalue weighted by molar-refractivity contribution is -0.384. The highest BCUT2D eigenvalue weighted by molar-refractivity contribution is 14.0. The summed E-state index contributed by atoms with van der Waals surface area (Å²) in [6.07, 6.45) is 4.11. The molecule has 2 aromatic rings. The van der Waals surface area contributed by atoms with Gasteiger partial charge in [0, 0.05) is 25.2 Å². The standard InChI is InChI=1S/C22H29N5O3.HI/c1-17(2)14-23-22(24-15-18-7-9-19(10-8-18)27(28)29)25-16-20(21-6-5-13-30-21)26-11-3-4-12-26;/h5-10,13,20H,1,3-4,11-12,14-16H2,2H3,(H2,23,24,25);1H. The van der Waals surface area contributed by atoms with E-state index >= 15 is 0 Å². The molecule has 1 saturated heterocycles. The predicted molar refractivity (Wildman–Crippen MR) is 133 cm³/mol. The van der Waals surface area contributed by atoms with Gasteiger partial charge in [-0.15, -0.1) is 24.0 Å². The number of halogens is 1. The average Bonchev–Trinajstić information content (AvgIpc) is 3.44. The van der Waals surface area contributed by atoms with Crippen molar-refractivity contribution in [1.82, 2.24) is 15.5 Å². The van der Waals surface area contributed by atoms with Crippen LogP contribution >= 0.6 is 24.0 Å². The molecule has 1 fully saturated rings. The quantitative estimate of drug-likeness (QED) is 0.124. The van der Waals surface area contributed by atoms with Gasteiger partial charge in [-0.05, 0) is 50.6 Å². The Bertz CT molecular complexity index is 862. The van der Waals surface area contributed by atoms with Crippen LogP contribution in [0.5, 0.6) is 0 Å². The maximum atomic E-state index is 10.8. The third kappa shape index (κ3) is 7.66. The fraction of sp³-hybridized carbons (Fsp3) is 0.409. The van der Waals surface area contributed by atoms with Gasteiger partial charge < -0.3 is 15.1 Å². The largest absolute Gasteiger partial charge is 0.468 e. The summed E-state index contributed by atoms with van der Waals surface area (Å²) in [7, 11) is 0. The first kappa shape index (κ1) is 24.9. The molecule has 1 unspecified atom stereocenters. The Balaban J connectivity index is 0.00000341. The summed E-state index contributed by atoms with van der Waals surface area (Å²) in [4.78, 5) is 17.5. The molecule has 2 heterocycles. The van der Waals surface area contributed by atoms with Crippen molar-refractivity contribution in [2.45, 2.75) is 32.4 Å². The smallest absolute Gasteiger partial charge is 0.269 e. The van der Waals surface area contributed by atoms with E-state index < -0.39 is 4.92 Å². The van der Waals surface area contributed by atoms with Crippen LogP contribution in [0, 0.1) is 10.1 Å². The molecule has 0 aliphatic carbocycles. The summed E-state index contributed by atoms with van der Waals surface area (Å²) >= 11 is 0. The molecule has 0 saturated carbocycles. The molecule has 1 aromatic carbocycles. The Morgan fingerprint density at radius 1 is 1.26 bits per heavy atom. The zero-order valence-corrected chi connectivity index (χ0v) is 20.1. The van der Waals surface area contributed by atoms with Crippen LogP contribution in [0.25, 0.3) is 0 Å². The maximum absolute atomic E-state index is 10.8. The van der Waals surface area contributed by atoms with E-state index in [9.17, 15) is 10.1 Å². The monoisotopic (exact) mass is 539 g/mol. The molecular weight excluding hydrogens is 509 g/mol. The van der Waals surface area contributed by atoms with Crippen LogP contribution in [0.4, 0.5) is 5.69 Å². The molecule has 0 bridgehead atoms. The number of nitrogens with zero attached hydrogens (tertiary/aromatic N) is 3. The van der Waals surface area contributed by atoms with Gasteiger partial charge >= 0.3 is 0 Å². The second-order valence-electron chi connectivity index (χ2n) is 7.55. The summed E-state index contributed by atoms with van der Waals surface area (Å²) < 4.78 is 5.69. The third-order valence-corrected chi connectivity index (χ3v) is 5.04. The number of furan rings is 1. The van der Waals surface area contributed by atoms with Gasteiger partial charge in [0.15, 0.2) is 5.96 Å². The highest BCUT2D eigenvalue weighted by atomic mass is 127. The molecule has 1 aliphatic rings. The number of aliphatic imine (C=N–C) groups is 1. The van der Waals surface area contributed by atoms with Crippen LogP contribution in [-0.4, -0.2) is 42.0 Å². The lowest BCUT2D eigenvalue weighted by Crippen LogP contribution is -2.43. The van der Waals surface area contributed by atoms with Crippen molar-refractivity contribution in [2.75, 3.05) is 26.2 Å². The van der Waals surface area contributed by atoms with Gasteiger partial charge in [-0.3, -0.25) is 15.0 Å². The van der Waals surface area contributed by atoms with Crippen molar-refractivity contribution in [3.8, 4) is 0 Å². The number of nitro benzene ring substituents is 1. The molecule has 1 aliphatic heterocycles. The number of likely N-dealkylation sites (tertiary alicyclic amines) is 1. The zero-order valence-electron chi connectivity index (χ0n) is 17.8. The van der Waals surface area contributed by atoms with Crippen LogP contribution in [0.1, 0.15) is 37.1 Å². The molecule has 0 radical (unpaired) electrons. The summed E-state index contributed by atoms with van der Waals surface area (Å²) in [6, 6.07) is 10.5. The first-order chi connectivity index (χ1) is 14.5. The van der Waals surface area contributed by atoms with Gasteiger partial charge in [0.25, 0.3) is 5.69 Å². The van der Waals surface area contributed by atoms with Crippen molar-refractivity contribution >= 4 is 35.6 Å². The molecule has 3 rings (SSSR count). The first-order valence-electron chi connectivity index (χ1n) is 10.2. The van der Waals surface area contributed by atoms with E-state index in [0.29, 0.717) is 25.6 Å². The topological polar surface area (TPSA) is 95.9 Å². The van der Waals surface area contributed by atoms with Crippen LogP contribution in [-0.2, 0) is 6.54 Å². The Morgan fingerprint density at radius 3 is 2.55 bits per heavy atom. The van der Waals surface area contributed by atoms with Crippen LogP contribution in [0.3, 0.4) is 0 Å². The molecule has 9 heteroatoms. The van der Waals surface area contributed by atoms with Gasteiger partial charge in [-0.1, -0.05) is 24.3 Å². The summed E-state index contributed by atoms with van der Waals surface area (Å²) in [5.41, 5.74) is 1.98. The molecular formula is C22H30IN5O3. The van der Waals surface area contributed by atoms with Crippen molar-refractivity contribution in [1.29, 1.82) is 0 Å². The predicted octanol–water partition coefficient (Wildman–Crippen LogP) is 4.25. The Hall–Kier alpha value is -2.40. The number of nitrogens with one attached hydrogen (secondary N) is 2. The normalized spacial score (nSPS) is 15.2. The SMILES string of the molecule is C=C(C)CNC(=NCc1ccc([N+](=O)[O-])cc1)NCC(c1ccco1)N1CCCC1.I. The second kappa shape index (κ2) is 12.5. The van der Waals surface area contributed by atoms with Crippen molar-refractivity contribution in [2.24, 2.45) is 4.99 Å². The average molecular weight is 539 g/mol. The molecule has 0 amide bonds. The van der Waals surface area contributed by atoms with E-state index in [4.69, 9.17) is 4.42 Å². The van der Waals surface area contributed by atoms with E-state index in [1.807, 2.05) is 19.1 Å². The van der Waals surface area contributed by atoms with Gasteiger partial charge in [0.05, 0.1) is 23.8 Å². The molecule has 31 heavy (non-hydrogen) atoms. The molecule has 1 aromatic heterocycles. The number of hydrogen-bond acceptors (Lipinski definition) is 5. The lowest BCUT2D eigenvalue weighted by atomic mass is 10.2. The molecule has 0 spiro atoms. The minimum Gasteiger partial charge on any atom is -0.468 e. The Morgan fingerprint density at radius 2 is 1.97 bits per heavy atom. The van der Waals surface area contributed by atoms with E-state index in [0.717, 1.165) is 30.0 Å². The number of nitro groups is 1. The van der Waals surface area contributed by atoms with E-state index in [1.54, 1.807) is 18.4 Å². The van der Waals surface area contributed by atoms with Gasteiger partial charge in [-0.2, -0.15) is 0 Å². The number of rotatable bonds is 9. The first-order valence-corrected chi connectivity index (χ1v) is 10.2. The maximum Gasteiger partial charge on any atom is 0.269 e. The van der Waals surface area contributed by atoms with E-state index in [2.05, 4.69) is 27.1 Å². The number of hydrogen-bond donors (Lipinski definition) is 2. The van der Waals surface area contributed by atoms with Crippen LogP contribution in [0.2, 0.25) is 0 Å². The molecule has 8 nitrogen and oxygen atoms in total. The van der Waals surface area contributed by atoms with E-state index in [1.165, 1.54) is 25.0 Å². The van der Waals surface area contributed by atoms with Crippen molar-refractivity contribution in [3.63, 3.8) is 0 Å². The van der Waals surface area contributed by atoms with Crippen molar-refractivity contribution < 1.29 is 9.34 Å². The highest BCUT2D eigenvalue weighted by Crippen LogP contribution is 2.24. The zero-order chi connectivity index (χ0) is 21.3. The summed E-state index contributed by atoms with van der Waals surface area (Å²) in [6.45, 7) is 9.70. The fourth-order valence-corrected chi connectivity index (χ4v) is 3.44. The minimum absolute atomic E-state index is 0. The molecule has 1 atom stereocenters. The van der Waals surface area contributed by atoms with Crippen LogP contribution in [0.15, 0.2) is 64.2 Å². The molecule has 2 N–H and O–H groups in total. The third-order valence-electron chi connectivity index (χ3n) is 5.04. The number of guanidine groups is 1. The summed E-state index contributed by atoms with van der Waals surface area (Å²) in [5, 5.41) is 17.5. The number of benzene rings is 1.